The number of nitrogens with zero attached hydrogens (tertiary/aromatic N) is 1. The summed E-state index contributed by atoms with van der Waals surface area (Å²) in [7, 11) is 0. The molecule has 1 nitrogen and oxygen atoms in total. The highest BCUT2D eigenvalue weighted by atomic mass is 14.2. The van der Waals surface area contributed by atoms with E-state index in [1.807, 2.05) is 0 Å². The molecular weight excluding hydrogens is 158 g/mol. The molecule has 1 heteroatoms. The molecule has 0 amide bonds. The van der Waals surface area contributed by atoms with Gasteiger partial charge in [-0.15, -0.1) is 0 Å². The fourth-order valence-electron chi connectivity index (χ4n) is 1.22. The molecule has 0 rings (SSSR count). The van der Waals surface area contributed by atoms with Gasteiger partial charge in [0, 0.05) is 6.42 Å². The van der Waals surface area contributed by atoms with Gasteiger partial charge in [0.05, 0.1) is 6.07 Å². The summed E-state index contributed by atoms with van der Waals surface area (Å²) >= 11 is 0. The number of nitriles is 1. The van der Waals surface area contributed by atoms with Gasteiger partial charge in [0.2, 0.25) is 0 Å². The molecule has 0 unspecified atom stereocenters. The number of hydrogen-bond acceptors (Lipinski definition) is 1. The maximum absolute atomic E-state index is 8.29. The maximum atomic E-state index is 8.29. The molecule has 0 aromatic heterocycles. The predicted octanol–water partition coefficient (Wildman–Crippen LogP) is 4.21. The van der Waals surface area contributed by atoms with Crippen LogP contribution in [0.25, 0.3) is 0 Å². The summed E-state index contributed by atoms with van der Waals surface area (Å²) in [5.41, 5.74) is 0. The lowest BCUT2D eigenvalue weighted by Gasteiger charge is -1.93. The van der Waals surface area contributed by atoms with Crippen molar-refractivity contribution in [2.45, 2.75) is 58.3 Å². The fourth-order valence-corrected chi connectivity index (χ4v) is 1.22. The third-order valence-corrected chi connectivity index (χ3v) is 2.05. The van der Waals surface area contributed by atoms with Crippen molar-refractivity contribution < 1.29 is 0 Å². The molecular formula is C12H21N. The molecule has 0 aliphatic carbocycles. The minimum absolute atomic E-state index is 0.695. The maximum Gasteiger partial charge on any atom is 0.0621 e. The van der Waals surface area contributed by atoms with Gasteiger partial charge in [0.25, 0.3) is 0 Å². The van der Waals surface area contributed by atoms with Crippen LogP contribution in [0.4, 0.5) is 0 Å². The Bertz CT molecular complexity index is 153. The topological polar surface area (TPSA) is 23.8 Å². The first-order chi connectivity index (χ1) is 6.41. The van der Waals surface area contributed by atoms with Gasteiger partial charge in [-0.25, -0.2) is 0 Å². The van der Waals surface area contributed by atoms with Gasteiger partial charge in [-0.2, -0.15) is 5.26 Å². The summed E-state index contributed by atoms with van der Waals surface area (Å²) < 4.78 is 0. The van der Waals surface area contributed by atoms with Crippen molar-refractivity contribution in [3.8, 4) is 6.07 Å². The van der Waals surface area contributed by atoms with Gasteiger partial charge >= 0.3 is 0 Å². The Balaban J connectivity index is 3.00. The van der Waals surface area contributed by atoms with Crippen molar-refractivity contribution in [1.82, 2.24) is 0 Å². The van der Waals surface area contributed by atoms with Crippen LogP contribution in [0.2, 0.25) is 0 Å². The summed E-state index contributed by atoms with van der Waals surface area (Å²) in [5, 5.41) is 8.29. The average molecular weight is 179 g/mol. The van der Waals surface area contributed by atoms with Crippen LogP contribution in [-0.4, -0.2) is 0 Å². The molecule has 0 aromatic rings. The van der Waals surface area contributed by atoms with Crippen LogP contribution in [0.5, 0.6) is 0 Å². The van der Waals surface area contributed by atoms with Crippen LogP contribution >= 0.6 is 0 Å². The fraction of sp³-hybridized carbons (Fsp3) is 0.750. The van der Waals surface area contributed by atoms with Crippen LogP contribution in [0.3, 0.4) is 0 Å². The molecule has 0 fully saturated rings. The first-order valence-electron chi connectivity index (χ1n) is 5.43. The van der Waals surface area contributed by atoms with E-state index >= 15 is 0 Å². The van der Waals surface area contributed by atoms with Crippen LogP contribution in [0, 0.1) is 11.3 Å². The lowest BCUT2D eigenvalue weighted by molar-refractivity contribution is 0.673. The van der Waals surface area contributed by atoms with E-state index in [1.54, 1.807) is 0 Å². The largest absolute Gasteiger partial charge is 0.198 e. The van der Waals surface area contributed by atoms with Crippen molar-refractivity contribution >= 4 is 0 Å². The average Bonchev–Trinajstić information content (AvgIpc) is 2.16. The lowest BCUT2D eigenvalue weighted by Crippen LogP contribution is -1.74. The van der Waals surface area contributed by atoms with E-state index in [1.165, 1.54) is 32.1 Å². The van der Waals surface area contributed by atoms with Crippen molar-refractivity contribution in [3.05, 3.63) is 12.2 Å². The number of allylic oxidation sites excluding steroid dienone is 2. The van der Waals surface area contributed by atoms with Gasteiger partial charge in [-0.05, 0) is 25.7 Å². The standard InChI is InChI=1S/C12H21N/c1-2-3-4-5-6-7-8-9-10-11-12-13/h7-8H,2-6,9-11H2,1H3/b8-7+. The number of rotatable bonds is 8. The molecule has 0 bridgehead atoms. The summed E-state index contributed by atoms with van der Waals surface area (Å²) in [6, 6.07) is 2.15. The molecule has 0 saturated heterocycles. The van der Waals surface area contributed by atoms with E-state index in [4.69, 9.17) is 5.26 Å². The van der Waals surface area contributed by atoms with E-state index in [2.05, 4.69) is 25.1 Å². The highest BCUT2D eigenvalue weighted by molar-refractivity contribution is 4.82. The van der Waals surface area contributed by atoms with Crippen molar-refractivity contribution in [2.75, 3.05) is 0 Å². The second-order valence-electron chi connectivity index (χ2n) is 3.37. The van der Waals surface area contributed by atoms with Crippen LogP contribution in [-0.2, 0) is 0 Å². The molecule has 0 heterocycles. The Morgan fingerprint density at radius 3 is 2.31 bits per heavy atom. The van der Waals surface area contributed by atoms with Crippen LogP contribution in [0.1, 0.15) is 58.3 Å². The Hall–Kier alpha value is -0.770. The highest BCUT2D eigenvalue weighted by Gasteiger charge is 1.84. The van der Waals surface area contributed by atoms with Gasteiger partial charge in [-0.3, -0.25) is 0 Å². The minimum Gasteiger partial charge on any atom is -0.198 e. The van der Waals surface area contributed by atoms with E-state index in [9.17, 15) is 0 Å². The molecule has 0 N–H and O–H groups in total. The second-order valence-corrected chi connectivity index (χ2v) is 3.37. The normalized spacial score (nSPS) is 10.5. The van der Waals surface area contributed by atoms with E-state index in [-0.39, 0.29) is 0 Å². The molecule has 0 aromatic carbocycles. The minimum atomic E-state index is 0.695. The Kier molecular flexibility index (Phi) is 10.6. The van der Waals surface area contributed by atoms with Crippen molar-refractivity contribution in [2.24, 2.45) is 0 Å². The summed E-state index contributed by atoms with van der Waals surface area (Å²) in [6.45, 7) is 2.23. The zero-order chi connectivity index (χ0) is 9.78. The Morgan fingerprint density at radius 2 is 1.69 bits per heavy atom. The quantitative estimate of drug-likeness (QED) is 0.404. The van der Waals surface area contributed by atoms with E-state index in [0.717, 1.165) is 12.8 Å². The zero-order valence-corrected chi connectivity index (χ0v) is 8.76. The molecule has 74 valence electrons. The number of unbranched alkanes of at least 4 members (excludes halogenated alkanes) is 6. The van der Waals surface area contributed by atoms with Crippen molar-refractivity contribution in [1.29, 1.82) is 5.26 Å². The van der Waals surface area contributed by atoms with E-state index < -0.39 is 0 Å². The first kappa shape index (κ1) is 12.2. The smallest absolute Gasteiger partial charge is 0.0621 e. The molecule has 0 aliphatic rings. The van der Waals surface area contributed by atoms with Gasteiger partial charge < -0.3 is 0 Å². The lowest BCUT2D eigenvalue weighted by atomic mass is 10.1. The highest BCUT2D eigenvalue weighted by Crippen LogP contribution is 2.04. The molecule has 0 aliphatic heterocycles. The van der Waals surface area contributed by atoms with Crippen LogP contribution < -0.4 is 0 Å². The van der Waals surface area contributed by atoms with Crippen LogP contribution in [0.15, 0.2) is 12.2 Å². The van der Waals surface area contributed by atoms with Gasteiger partial charge in [-0.1, -0.05) is 38.3 Å². The SMILES string of the molecule is CCCCCC/C=C/CCCC#N. The first-order valence-corrected chi connectivity index (χ1v) is 5.43. The van der Waals surface area contributed by atoms with Gasteiger partial charge in [0.15, 0.2) is 0 Å². The summed E-state index contributed by atoms with van der Waals surface area (Å²) in [4.78, 5) is 0. The zero-order valence-electron chi connectivity index (χ0n) is 8.76. The Morgan fingerprint density at radius 1 is 1.00 bits per heavy atom. The summed E-state index contributed by atoms with van der Waals surface area (Å²) in [5.74, 6) is 0. The van der Waals surface area contributed by atoms with Gasteiger partial charge in [0.1, 0.15) is 0 Å². The predicted molar refractivity (Wildman–Crippen MR) is 57.4 cm³/mol. The monoisotopic (exact) mass is 179 g/mol. The third-order valence-electron chi connectivity index (χ3n) is 2.05. The molecule has 13 heavy (non-hydrogen) atoms. The third kappa shape index (κ3) is 11.2. The second kappa shape index (κ2) is 11.2. The summed E-state index contributed by atoms with van der Waals surface area (Å²) in [6.07, 6.45) is 13.8. The molecule has 0 saturated carbocycles. The number of hydrogen-bond donors (Lipinski definition) is 0. The Labute approximate surface area is 82.5 Å². The molecule has 0 spiro atoms. The molecule has 0 atom stereocenters. The molecule has 0 radical (unpaired) electrons. The van der Waals surface area contributed by atoms with E-state index in [0.29, 0.717) is 6.42 Å². The van der Waals surface area contributed by atoms with Crippen molar-refractivity contribution in [3.63, 3.8) is 0 Å².